The molecule has 1 amide bonds. The van der Waals surface area contributed by atoms with Crippen molar-refractivity contribution in [3.05, 3.63) is 78.0 Å². The minimum Gasteiger partial charge on any atom is -0.369 e. The molecule has 0 saturated carbocycles. The van der Waals surface area contributed by atoms with Crippen LogP contribution >= 0.6 is 0 Å². The molecule has 160 valence electrons. The number of alkyl halides is 3. The van der Waals surface area contributed by atoms with Gasteiger partial charge in [0.15, 0.2) is 0 Å². The molecule has 4 rings (SSSR count). The van der Waals surface area contributed by atoms with Gasteiger partial charge in [0.1, 0.15) is 5.82 Å². The monoisotopic (exact) mass is 426 g/mol. The summed E-state index contributed by atoms with van der Waals surface area (Å²) < 4.78 is 38.1. The summed E-state index contributed by atoms with van der Waals surface area (Å²) in [6.07, 6.45) is -2.84. The summed E-state index contributed by atoms with van der Waals surface area (Å²) in [6.45, 7) is 1.26. The van der Waals surface area contributed by atoms with Gasteiger partial charge in [-0.1, -0.05) is 36.4 Å². The molecule has 31 heavy (non-hydrogen) atoms. The van der Waals surface area contributed by atoms with Gasteiger partial charge in [0.05, 0.1) is 11.1 Å². The molecular formula is C23H21F3N4O. The van der Waals surface area contributed by atoms with Crippen LogP contribution in [-0.2, 0) is 6.18 Å². The molecule has 2 aromatic carbocycles. The summed E-state index contributed by atoms with van der Waals surface area (Å²) in [5.41, 5.74) is 7.95. The largest absolute Gasteiger partial charge is 0.417 e. The van der Waals surface area contributed by atoms with Crippen LogP contribution in [0.15, 0.2) is 66.9 Å². The maximum atomic E-state index is 12.7. The Hall–Kier alpha value is -3.55. The number of carbonyl (C=O) groups is 1. The van der Waals surface area contributed by atoms with Crippen LogP contribution in [-0.4, -0.2) is 30.0 Å². The lowest BCUT2D eigenvalue weighted by Gasteiger charge is -2.22. The van der Waals surface area contributed by atoms with Crippen molar-refractivity contribution in [3.63, 3.8) is 0 Å². The van der Waals surface area contributed by atoms with Gasteiger partial charge in [0.25, 0.3) is 5.91 Å². The molecule has 3 aromatic rings. The molecule has 8 heteroatoms. The Morgan fingerprint density at radius 2 is 1.84 bits per heavy atom. The van der Waals surface area contributed by atoms with E-state index in [0.717, 1.165) is 35.5 Å². The maximum Gasteiger partial charge on any atom is 0.417 e. The minimum absolute atomic E-state index is 0.0150. The van der Waals surface area contributed by atoms with Gasteiger partial charge < -0.3 is 16.0 Å². The number of benzene rings is 2. The fourth-order valence-electron chi connectivity index (χ4n) is 3.77. The molecule has 0 radical (unpaired) electrons. The molecule has 0 bridgehead atoms. The second-order valence-corrected chi connectivity index (χ2v) is 7.47. The zero-order chi connectivity index (χ0) is 22.0. The molecule has 1 fully saturated rings. The van der Waals surface area contributed by atoms with Crippen molar-refractivity contribution in [2.24, 2.45) is 5.73 Å². The van der Waals surface area contributed by atoms with Crippen LogP contribution in [0.25, 0.3) is 11.1 Å². The van der Waals surface area contributed by atoms with Crippen LogP contribution in [0.2, 0.25) is 0 Å². The number of amides is 1. The first kappa shape index (κ1) is 20.7. The van der Waals surface area contributed by atoms with E-state index in [1.54, 1.807) is 6.07 Å². The molecule has 1 atom stereocenters. The van der Waals surface area contributed by atoms with E-state index in [-0.39, 0.29) is 6.04 Å². The summed E-state index contributed by atoms with van der Waals surface area (Å²) >= 11 is 0. The van der Waals surface area contributed by atoms with Crippen LogP contribution in [0.3, 0.4) is 0 Å². The van der Waals surface area contributed by atoms with E-state index >= 15 is 0 Å². The number of primary amides is 1. The number of rotatable bonds is 5. The molecule has 0 aliphatic carbocycles. The first-order valence-corrected chi connectivity index (χ1v) is 9.85. The molecule has 3 N–H and O–H groups in total. The molecule has 1 aliphatic rings. The lowest BCUT2D eigenvalue weighted by atomic mass is 10.0. The molecule has 0 spiro atoms. The first-order chi connectivity index (χ1) is 14.8. The fourth-order valence-corrected chi connectivity index (χ4v) is 3.77. The van der Waals surface area contributed by atoms with E-state index < -0.39 is 17.6 Å². The smallest absolute Gasteiger partial charge is 0.369 e. The summed E-state index contributed by atoms with van der Waals surface area (Å²) in [7, 11) is 0. The van der Waals surface area contributed by atoms with Crippen molar-refractivity contribution in [2.45, 2.75) is 18.6 Å². The Morgan fingerprint density at radius 3 is 2.48 bits per heavy atom. The Balaban J connectivity index is 1.49. The van der Waals surface area contributed by atoms with Gasteiger partial charge in [-0.3, -0.25) is 4.79 Å². The van der Waals surface area contributed by atoms with Crippen molar-refractivity contribution >= 4 is 17.4 Å². The van der Waals surface area contributed by atoms with E-state index in [1.807, 2.05) is 42.5 Å². The number of nitrogens with one attached hydrogen (secondary N) is 1. The fraction of sp³-hybridized carbons (Fsp3) is 0.217. The Morgan fingerprint density at radius 1 is 1.06 bits per heavy atom. The van der Waals surface area contributed by atoms with Crippen LogP contribution in [0, 0.1) is 0 Å². The molecule has 1 aliphatic heterocycles. The van der Waals surface area contributed by atoms with E-state index in [0.29, 0.717) is 24.5 Å². The minimum atomic E-state index is -4.41. The normalized spacial score (nSPS) is 16.4. The molecule has 1 saturated heterocycles. The predicted octanol–water partition coefficient (Wildman–Crippen LogP) is 4.56. The maximum absolute atomic E-state index is 12.7. The van der Waals surface area contributed by atoms with Gasteiger partial charge in [-0.25, -0.2) is 4.98 Å². The molecule has 2 heterocycles. The number of aromatic nitrogens is 1. The number of nitrogens with two attached hydrogens (primary N) is 1. The zero-order valence-corrected chi connectivity index (χ0v) is 16.6. The third-order valence-electron chi connectivity index (χ3n) is 5.34. The first-order valence-electron chi connectivity index (χ1n) is 9.85. The number of carbonyl (C=O) groups excluding carboxylic acids is 1. The van der Waals surface area contributed by atoms with Crippen molar-refractivity contribution in [3.8, 4) is 11.1 Å². The van der Waals surface area contributed by atoms with Crippen molar-refractivity contribution in [1.29, 1.82) is 0 Å². The summed E-state index contributed by atoms with van der Waals surface area (Å²) in [4.78, 5) is 18.1. The third kappa shape index (κ3) is 4.63. The average Bonchev–Trinajstić information content (AvgIpc) is 3.22. The third-order valence-corrected chi connectivity index (χ3v) is 5.34. The van der Waals surface area contributed by atoms with Gasteiger partial charge >= 0.3 is 6.18 Å². The average molecular weight is 426 g/mol. The van der Waals surface area contributed by atoms with E-state index in [1.165, 1.54) is 6.07 Å². The Bertz CT molecular complexity index is 1070. The highest BCUT2D eigenvalue weighted by Gasteiger charge is 2.31. The number of hydrogen-bond donors (Lipinski definition) is 2. The van der Waals surface area contributed by atoms with Crippen molar-refractivity contribution in [1.82, 2.24) is 4.98 Å². The number of pyridine rings is 1. The van der Waals surface area contributed by atoms with Crippen molar-refractivity contribution in [2.75, 3.05) is 23.3 Å². The standard InChI is InChI=1S/C23H21F3N4O/c24-23(25,26)17-7-9-21(28-13-17)29-18-10-11-30(14-18)20-8-6-16(12-19(20)22(27)31)15-4-2-1-3-5-15/h1-9,12-13,18H,10-11,14H2,(H2,27,31)(H,28,29). The topological polar surface area (TPSA) is 71.2 Å². The molecule has 1 unspecified atom stereocenters. The summed E-state index contributed by atoms with van der Waals surface area (Å²) in [5.74, 6) is -0.122. The van der Waals surface area contributed by atoms with Crippen LogP contribution in [0.1, 0.15) is 22.3 Å². The molecule has 5 nitrogen and oxygen atoms in total. The second kappa shape index (κ2) is 8.29. The molecule has 1 aromatic heterocycles. The predicted molar refractivity (Wildman–Crippen MR) is 114 cm³/mol. The van der Waals surface area contributed by atoms with Crippen LogP contribution < -0.4 is 16.0 Å². The highest BCUT2D eigenvalue weighted by atomic mass is 19.4. The Kier molecular flexibility index (Phi) is 5.54. The van der Waals surface area contributed by atoms with Gasteiger partial charge in [0, 0.05) is 31.0 Å². The van der Waals surface area contributed by atoms with E-state index in [2.05, 4.69) is 15.2 Å². The van der Waals surface area contributed by atoms with Crippen molar-refractivity contribution < 1.29 is 18.0 Å². The highest BCUT2D eigenvalue weighted by Crippen LogP contribution is 2.31. The second-order valence-electron chi connectivity index (χ2n) is 7.47. The van der Waals surface area contributed by atoms with E-state index in [4.69, 9.17) is 5.73 Å². The van der Waals surface area contributed by atoms with Gasteiger partial charge in [-0.15, -0.1) is 0 Å². The number of anilines is 2. The number of hydrogen-bond acceptors (Lipinski definition) is 4. The van der Waals surface area contributed by atoms with Crippen LogP contribution in [0.4, 0.5) is 24.7 Å². The zero-order valence-electron chi connectivity index (χ0n) is 16.6. The van der Waals surface area contributed by atoms with Gasteiger partial charge in [-0.05, 0) is 41.8 Å². The number of nitrogens with zero attached hydrogens (tertiary/aromatic N) is 2. The highest BCUT2D eigenvalue weighted by molar-refractivity contribution is 6.00. The number of halogens is 3. The quantitative estimate of drug-likeness (QED) is 0.628. The van der Waals surface area contributed by atoms with Crippen LogP contribution in [0.5, 0.6) is 0 Å². The Labute approximate surface area is 177 Å². The summed E-state index contributed by atoms with van der Waals surface area (Å²) in [5, 5.41) is 3.17. The lowest BCUT2D eigenvalue weighted by Crippen LogP contribution is -2.28. The van der Waals surface area contributed by atoms with Gasteiger partial charge in [-0.2, -0.15) is 13.2 Å². The SMILES string of the molecule is NC(=O)c1cc(-c2ccccc2)ccc1N1CCC(Nc2ccc(C(F)(F)F)cn2)C1. The molecular weight excluding hydrogens is 405 g/mol. The lowest BCUT2D eigenvalue weighted by molar-refractivity contribution is -0.137. The van der Waals surface area contributed by atoms with E-state index in [9.17, 15) is 18.0 Å². The summed E-state index contributed by atoms with van der Waals surface area (Å²) in [6, 6.07) is 17.7. The van der Waals surface area contributed by atoms with Gasteiger partial charge in [0.2, 0.25) is 0 Å².